The fraction of sp³-hybridized carbons (Fsp3) is 0.333. The number of carbonyl (C=O) groups is 1. The van der Waals surface area contributed by atoms with Crippen LogP contribution in [-0.2, 0) is 0 Å². The molecular formula is C21H25N3O4. The fourth-order valence-corrected chi connectivity index (χ4v) is 3.01. The highest BCUT2D eigenvalue weighted by Gasteiger charge is 2.18. The molecule has 0 saturated carbocycles. The molecule has 7 heteroatoms. The third-order valence-electron chi connectivity index (χ3n) is 4.49. The number of nitrogens with one attached hydrogen (secondary N) is 1. The molecule has 0 aromatic heterocycles. The Labute approximate surface area is 164 Å². The van der Waals surface area contributed by atoms with Crippen molar-refractivity contribution in [3.8, 4) is 17.2 Å². The van der Waals surface area contributed by atoms with E-state index in [4.69, 9.17) is 14.2 Å². The summed E-state index contributed by atoms with van der Waals surface area (Å²) in [6, 6.07) is 11.1. The Morgan fingerprint density at radius 1 is 1.18 bits per heavy atom. The first-order valence-electron chi connectivity index (χ1n) is 9.32. The lowest BCUT2D eigenvalue weighted by Gasteiger charge is -2.21. The van der Waals surface area contributed by atoms with Gasteiger partial charge in [-0.05, 0) is 50.2 Å². The molecule has 7 nitrogen and oxygen atoms in total. The zero-order valence-electron chi connectivity index (χ0n) is 16.4. The Kier molecular flexibility index (Phi) is 6.37. The van der Waals surface area contributed by atoms with Crippen LogP contribution in [0.5, 0.6) is 17.2 Å². The van der Waals surface area contributed by atoms with Crippen molar-refractivity contribution in [2.45, 2.75) is 13.8 Å². The van der Waals surface area contributed by atoms with E-state index in [1.807, 2.05) is 12.1 Å². The van der Waals surface area contributed by atoms with Gasteiger partial charge in [0.2, 0.25) is 5.75 Å². The number of hydrogen-bond acceptors (Lipinski definition) is 6. The van der Waals surface area contributed by atoms with Crippen LogP contribution in [0.4, 0.5) is 5.69 Å². The van der Waals surface area contributed by atoms with Gasteiger partial charge in [-0.15, -0.1) is 0 Å². The minimum absolute atomic E-state index is 0.271. The van der Waals surface area contributed by atoms with Gasteiger partial charge in [-0.3, -0.25) is 4.79 Å². The van der Waals surface area contributed by atoms with Gasteiger partial charge in [0.1, 0.15) is 13.2 Å². The Morgan fingerprint density at radius 3 is 2.57 bits per heavy atom. The molecule has 148 valence electrons. The van der Waals surface area contributed by atoms with E-state index in [1.54, 1.807) is 37.6 Å². The molecule has 0 saturated heterocycles. The van der Waals surface area contributed by atoms with E-state index in [9.17, 15) is 4.79 Å². The van der Waals surface area contributed by atoms with Crippen LogP contribution < -0.4 is 24.5 Å². The van der Waals surface area contributed by atoms with Crippen LogP contribution >= 0.6 is 0 Å². The van der Waals surface area contributed by atoms with E-state index in [-0.39, 0.29) is 5.91 Å². The number of carbonyl (C=O) groups excluding carboxylic acids is 1. The second-order valence-corrected chi connectivity index (χ2v) is 6.17. The summed E-state index contributed by atoms with van der Waals surface area (Å²) in [6.45, 7) is 7.02. The lowest BCUT2D eigenvalue weighted by molar-refractivity contribution is 0.0955. The molecule has 0 spiro atoms. The van der Waals surface area contributed by atoms with Gasteiger partial charge < -0.3 is 19.1 Å². The Balaban J connectivity index is 1.66. The monoisotopic (exact) mass is 383 g/mol. The number of fused-ring (bicyclic) bond motifs is 1. The number of anilines is 1. The smallest absolute Gasteiger partial charge is 0.271 e. The first kappa shape index (κ1) is 19.5. The van der Waals surface area contributed by atoms with Gasteiger partial charge in [-0.2, -0.15) is 5.10 Å². The van der Waals surface area contributed by atoms with Crippen molar-refractivity contribution in [1.82, 2.24) is 5.43 Å². The molecule has 3 rings (SSSR count). The Bertz CT molecular complexity index is 828. The summed E-state index contributed by atoms with van der Waals surface area (Å²) in [4.78, 5) is 14.5. The van der Waals surface area contributed by atoms with Crippen LogP contribution in [0, 0.1) is 0 Å². The van der Waals surface area contributed by atoms with E-state index < -0.39 is 0 Å². The maximum atomic E-state index is 12.3. The third kappa shape index (κ3) is 4.36. The standard InChI is InChI=1S/C21H25N3O4/c1-4-24(5-2)17-8-6-16(7-9-17)21(25)23-22-14-15-12-18(26-3)20-19(13-15)27-10-11-28-20/h6-9,12-14H,4-5,10-11H2,1-3H3,(H,23,25)/b22-14-. The van der Waals surface area contributed by atoms with Crippen molar-refractivity contribution in [3.05, 3.63) is 47.5 Å². The van der Waals surface area contributed by atoms with E-state index >= 15 is 0 Å². The van der Waals surface area contributed by atoms with Crippen molar-refractivity contribution in [3.63, 3.8) is 0 Å². The summed E-state index contributed by atoms with van der Waals surface area (Å²) in [5, 5.41) is 4.05. The van der Waals surface area contributed by atoms with Gasteiger partial charge in [0.25, 0.3) is 5.91 Å². The summed E-state index contributed by atoms with van der Waals surface area (Å²) in [5.74, 6) is 1.48. The summed E-state index contributed by atoms with van der Waals surface area (Å²) in [6.07, 6.45) is 1.54. The van der Waals surface area contributed by atoms with Crippen molar-refractivity contribution < 1.29 is 19.0 Å². The Hall–Kier alpha value is -3.22. The molecule has 0 atom stereocenters. The summed E-state index contributed by atoms with van der Waals surface area (Å²) < 4.78 is 16.5. The molecule has 1 N–H and O–H groups in total. The number of hydrazone groups is 1. The number of methoxy groups -OCH3 is 1. The van der Waals surface area contributed by atoms with Crippen LogP contribution in [0.2, 0.25) is 0 Å². The molecule has 2 aromatic carbocycles. The van der Waals surface area contributed by atoms with E-state index in [0.29, 0.717) is 36.0 Å². The highest BCUT2D eigenvalue weighted by atomic mass is 16.6. The second-order valence-electron chi connectivity index (χ2n) is 6.17. The predicted octanol–water partition coefficient (Wildman–Crippen LogP) is 3.08. The van der Waals surface area contributed by atoms with Crippen molar-refractivity contribution in [1.29, 1.82) is 0 Å². The molecule has 0 fully saturated rings. The quantitative estimate of drug-likeness (QED) is 0.588. The molecular weight excluding hydrogens is 358 g/mol. The van der Waals surface area contributed by atoms with Gasteiger partial charge in [0, 0.05) is 29.9 Å². The van der Waals surface area contributed by atoms with Gasteiger partial charge in [0.05, 0.1) is 13.3 Å². The first-order chi connectivity index (χ1) is 13.7. The largest absolute Gasteiger partial charge is 0.493 e. The molecule has 0 radical (unpaired) electrons. The van der Waals surface area contributed by atoms with Crippen LogP contribution in [0.3, 0.4) is 0 Å². The lowest BCUT2D eigenvalue weighted by Crippen LogP contribution is -2.22. The summed E-state index contributed by atoms with van der Waals surface area (Å²) in [5.41, 5.74) is 4.92. The van der Waals surface area contributed by atoms with Gasteiger partial charge in [-0.25, -0.2) is 5.43 Å². The summed E-state index contributed by atoms with van der Waals surface area (Å²) in [7, 11) is 1.57. The molecule has 1 aliphatic rings. The van der Waals surface area contributed by atoms with E-state index in [2.05, 4.69) is 29.3 Å². The number of amides is 1. The zero-order valence-corrected chi connectivity index (χ0v) is 16.4. The molecule has 0 unspecified atom stereocenters. The second kappa shape index (κ2) is 9.12. The minimum atomic E-state index is -0.271. The third-order valence-corrected chi connectivity index (χ3v) is 4.49. The SMILES string of the molecule is CCN(CC)c1ccc(C(=O)N/N=C\c2cc(OC)c3c(c2)OCCO3)cc1. The lowest BCUT2D eigenvalue weighted by atomic mass is 10.2. The Morgan fingerprint density at radius 2 is 1.89 bits per heavy atom. The maximum absolute atomic E-state index is 12.3. The number of nitrogens with zero attached hydrogens (tertiary/aromatic N) is 2. The molecule has 1 amide bonds. The normalized spacial score (nSPS) is 12.7. The highest BCUT2D eigenvalue weighted by Crippen LogP contribution is 2.39. The molecule has 1 aliphatic heterocycles. The summed E-state index contributed by atoms with van der Waals surface area (Å²) >= 11 is 0. The number of hydrogen-bond donors (Lipinski definition) is 1. The number of ether oxygens (including phenoxy) is 3. The van der Waals surface area contributed by atoms with Crippen LogP contribution in [0.25, 0.3) is 0 Å². The van der Waals surface area contributed by atoms with Crippen LogP contribution in [-0.4, -0.2) is 45.5 Å². The molecule has 1 heterocycles. The van der Waals surface area contributed by atoms with Crippen LogP contribution in [0.1, 0.15) is 29.8 Å². The molecule has 28 heavy (non-hydrogen) atoms. The number of rotatable bonds is 7. The van der Waals surface area contributed by atoms with Crippen LogP contribution in [0.15, 0.2) is 41.5 Å². The minimum Gasteiger partial charge on any atom is -0.493 e. The topological polar surface area (TPSA) is 72.4 Å². The first-order valence-corrected chi connectivity index (χ1v) is 9.32. The highest BCUT2D eigenvalue weighted by molar-refractivity contribution is 5.95. The van der Waals surface area contributed by atoms with Crippen molar-refractivity contribution >= 4 is 17.8 Å². The predicted molar refractivity (Wildman–Crippen MR) is 109 cm³/mol. The average Bonchev–Trinajstić information content (AvgIpc) is 2.74. The molecule has 0 aliphatic carbocycles. The van der Waals surface area contributed by atoms with E-state index in [0.717, 1.165) is 24.3 Å². The zero-order chi connectivity index (χ0) is 19.9. The molecule has 2 aromatic rings. The van der Waals surface area contributed by atoms with E-state index in [1.165, 1.54) is 0 Å². The average molecular weight is 383 g/mol. The molecule has 0 bridgehead atoms. The number of benzene rings is 2. The van der Waals surface area contributed by atoms with Crippen molar-refractivity contribution in [2.75, 3.05) is 38.3 Å². The fourth-order valence-electron chi connectivity index (χ4n) is 3.01. The van der Waals surface area contributed by atoms with Gasteiger partial charge in [0.15, 0.2) is 11.5 Å². The van der Waals surface area contributed by atoms with Gasteiger partial charge in [-0.1, -0.05) is 0 Å². The van der Waals surface area contributed by atoms with Crippen molar-refractivity contribution in [2.24, 2.45) is 5.10 Å². The maximum Gasteiger partial charge on any atom is 0.271 e. The van der Waals surface area contributed by atoms with Gasteiger partial charge >= 0.3 is 0 Å².